The molecule has 1 amide bonds. The van der Waals surface area contributed by atoms with Crippen LogP contribution in [0.5, 0.6) is 17.2 Å². The van der Waals surface area contributed by atoms with Crippen LogP contribution in [-0.4, -0.2) is 36.4 Å². The molecule has 28 heavy (non-hydrogen) atoms. The molecule has 0 saturated carbocycles. The first-order valence-electron chi connectivity index (χ1n) is 8.65. The second-order valence-electron chi connectivity index (χ2n) is 5.87. The molecule has 3 rings (SSSR count). The van der Waals surface area contributed by atoms with E-state index in [9.17, 15) is 4.79 Å². The van der Waals surface area contributed by atoms with Gasteiger partial charge in [-0.3, -0.25) is 4.79 Å². The molecule has 146 valence electrons. The molecule has 0 unspecified atom stereocenters. The molecule has 0 aliphatic heterocycles. The number of para-hydroxylation sites is 2. The number of amides is 1. The quantitative estimate of drug-likeness (QED) is 0.639. The molecule has 0 radical (unpaired) electrons. The van der Waals surface area contributed by atoms with E-state index in [-0.39, 0.29) is 18.3 Å². The zero-order chi connectivity index (χ0) is 19.9. The van der Waals surface area contributed by atoms with Crippen molar-refractivity contribution in [2.75, 3.05) is 14.2 Å². The Morgan fingerprint density at radius 1 is 1.11 bits per heavy atom. The van der Waals surface area contributed by atoms with Crippen LogP contribution in [0.25, 0.3) is 11.4 Å². The lowest BCUT2D eigenvalue weighted by molar-refractivity contribution is -0.127. The van der Waals surface area contributed by atoms with Gasteiger partial charge < -0.3 is 24.1 Å². The van der Waals surface area contributed by atoms with Crippen LogP contribution in [0.2, 0.25) is 0 Å². The summed E-state index contributed by atoms with van der Waals surface area (Å²) in [4.78, 5) is 16.6. The largest absolute Gasteiger partial charge is 0.497 e. The van der Waals surface area contributed by atoms with Crippen molar-refractivity contribution in [3.63, 3.8) is 0 Å². The normalized spacial score (nSPS) is 11.5. The van der Waals surface area contributed by atoms with Crippen LogP contribution in [0.1, 0.15) is 12.8 Å². The maximum atomic E-state index is 12.3. The fourth-order valence-electron chi connectivity index (χ4n) is 2.47. The number of carbonyl (C=O) groups excluding carboxylic acids is 1. The maximum Gasteiger partial charge on any atom is 0.261 e. The van der Waals surface area contributed by atoms with Crippen molar-refractivity contribution in [2.24, 2.45) is 0 Å². The van der Waals surface area contributed by atoms with Crippen molar-refractivity contribution in [2.45, 2.75) is 19.6 Å². The number of carbonyl (C=O) groups is 1. The Kier molecular flexibility index (Phi) is 6.11. The van der Waals surface area contributed by atoms with E-state index >= 15 is 0 Å². The summed E-state index contributed by atoms with van der Waals surface area (Å²) in [5, 5.41) is 6.65. The van der Waals surface area contributed by atoms with Gasteiger partial charge in [0.2, 0.25) is 11.7 Å². The smallest absolute Gasteiger partial charge is 0.261 e. The third-order valence-corrected chi connectivity index (χ3v) is 3.95. The van der Waals surface area contributed by atoms with Crippen LogP contribution in [-0.2, 0) is 11.3 Å². The lowest BCUT2D eigenvalue weighted by Gasteiger charge is -2.16. The van der Waals surface area contributed by atoms with Crippen LogP contribution in [0.4, 0.5) is 0 Å². The summed E-state index contributed by atoms with van der Waals surface area (Å²) in [6, 6.07) is 14.4. The monoisotopic (exact) mass is 383 g/mol. The van der Waals surface area contributed by atoms with Gasteiger partial charge in [0.1, 0.15) is 5.75 Å². The van der Waals surface area contributed by atoms with Gasteiger partial charge in [0.25, 0.3) is 5.91 Å². The predicted octanol–water partition coefficient (Wildman–Crippen LogP) is 2.84. The minimum Gasteiger partial charge on any atom is -0.497 e. The first kappa shape index (κ1) is 19.2. The van der Waals surface area contributed by atoms with Crippen LogP contribution >= 0.6 is 0 Å². The molecule has 0 fully saturated rings. The number of hydrogen-bond acceptors (Lipinski definition) is 7. The number of benzene rings is 2. The van der Waals surface area contributed by atoms with Crippen LogP contribution in [0.3, 0.4) is 0 Å². The van der Waals surface area contributed by atoms with Crippen molar-refractivity contribution in [3.05, 3.63) is 54.4 Å². The van der Waals surface area contributed by atoms with E-state index in [1.165, 1.54) is 0 Å². The summed E-state index contributed by atoms with van der Waals surface area (Å²) >= 11 is 0. The zero-order valence-corrected chi connectivity index (χ0v) is 15.8. The molecule has 1 heterocycles. The van der Waals surface area contributed by atoms with Gasteiger partial charge >= 0.3 is 0 Å². The lowest BCUT2D eigenvalue weighted by Crippen LogP contribution is -2.36. The van der Waals surface area contributed by atoms with Crippen LogP contribution in [0, 0.1) is 0 Å². The number of nitrogens with zero attached hydrogens (tertiary/aromatic N) is 2. The molecule has 8 nitrogen and oxygen atoms in total. The Balaban J connectivity index is 1.58. The first-order chi connectivity index (χ1) is 13.6. The van der Waals surface area contributed by atoms with Crippen LogP contribution in [0.15, 0.2) is 53.1 Å². The van der Waals surface area contributed by atoms with E-state index in [0.717, 1.165) is 5.56 Å². The van der Waals surface area contributed by atoms with E-state index < -0.39 is 6.10 Å². The Morgan fingerprint density at radius 3 is 2.64 bits per heavy atom. The summed E-state index contributed by atoms with van der Waals surface area (Å²) in [6.45, 7) is 1.74. The van der Waals surface area contributed by atoms with Crippen molar-refractivity contribution in [3.8, 4) is 28.6 Å². The highest BCUT2D eigenvalue weighted by atomic mass is 16.5. The molecule has 1 atom stereocenters. The summed E-state index contributed by atoms with van der Waals surface area (Å²) in [6.07, 6.45) is -0.725. The Morgan fingerprint density at radius 2 is 1.89 bits per heavy atom. The Labute approximate surface area is 162 Å². The van der Waals surface area contributed by atoms with E-state index in [0.29, 0.717) is 23.1 Å². The minimum absolute atomic E-state index is 0.0927. The van der Waals surface area contributed by atoms with Gasteiger partial charge in [-0.15, -0.1) is 0 Å². The molecule has 3 aromatic rings. The molecule has 0 spiro atoms. The Hall–Kier alpha value is -3.55. The standard InChI is InChI=1S/C20H21N3O5/c1-13(27-17-10-5-4-9-16(17)26-3)20(24)21-12-18-22-19(23-28-18)14-7-6-8-15(11-14)25-2/h4-11,13H,12H2,1-3H3,(H,21,24)/t13-/m1/s1. The van der Waals surface area contributed by atoms with Gasteiger partial charge in [0, 0.05) is 5.56 Å². The van der Waals surface area contributed by atoms with Crippen LogP contribution < -0.4 is 19.5 Å². The molecule has 8 heteroatoms. The molecule has 0 aliphatic rings. The molecular weight excluding hydrogens is 362 g/mol. The van der Waals surface area contributed by atoms with Gasteiger partial charge in [-0.05, 0) is 31.2 Å². The van der Waals surface area contributed by atoms with E-state index in [1.54, 1.807) is 45.4 Å². The second kappa shape index (κ2) is 8.90. The number of methoxy groups -OCH3 is 2. The molecule has 1 aromatic heterocycles. The third kappa shape index (κ3) is 4.59. The van der Waals surface area contributed by atoms with Crippen molar-refractivity contribution < 1.29 is 23.5 Å². The highest BCUT2D eigenvalue weighted by Crippen LogP contribution is 2.26. The zero-order valence-electron chi connectivity index (χ0n) is 15.8. The molecule has 2 aromatic carbocycles. The van der Waals surface area contributed by atoms with Crippen molar-refractivity contribution >= 4 is 5.91 Å². The van der Waals surface area contributed by atoms with E-state index in [2.05, 4.69) is 15.5 Å². The highest BCUT2D eigenvalue weighted by molar-refractivity contribution is 5.80. The first-order valence-corrected chi connectivity index (χ1v) is 8.65. The van der Waals surface area contributed by atoms with Gasteiger partial charge in [-0.25, -0.2) is 0 Å². The fourth-order valence-corrected chi connectivity index (χ4v) is 2.47. The van der Waals surface area contributed by atoms with Gasteiger partial charge in [0.05, 0.1) is 20.8 Å². The number of aromatic nitrogens is 2. The summed E-state index contributed by atoms with van der Waals surface area (Å²) < 4.78 is 21.3. The Bertz CT molecular complexity index is 941. The number of ether oxygens (including phenoxy) is 3. The molecule has 1 N–H and O–H groups in total. The van der Waals surface area contributed by atoms with E-state index in [1.807, 2.05) is 24.3 Å². The average Bonchev–Trinajstić information content (AvgIpc) is 3.21. The number of hydrogen-bond donors (Lipinski definition) is 1. The summed E-state index contributed by atoms with van der Waals surface area (Å²) in [5.74, 6) is 2.14. The highest BCUT2D eigenvalue weighted by Gasteiger charge is 2.18. The summed E-state index contributed by atoms with van der Waals surface area (Å²) in [7, 11) is 3.13. The summed E-state index contributed by atoms with van der Waals surface area (Å²) in [5.41, 5.74) is 0.758. The predicted molar refractivity (Wildman–Crippen MR) is 101 cm³/mol. The SMILES string of the molecule is COc1cccc(-c2noc(CNC(=O)[C@@H](C)Oc3ccccc3OC)n2)c1. The molecule has 0 bridgehead atoms. The average molecular weight is 383 g/mol. The van der Waals surface area contributed by atoms with Gasteiger partial charge in [0.15, 0.2) is 17.6 Å². The molecular formula is C20H21N3O5. The van der Waals surface area contributed by atoms with E-state index in [4.69, 9.17) is 18.7 Å². The molecule has 0 saturated heterocycles. The third-order valence-electron chi connectivity index (χ3n) is 3.95. The second-order valence-corrected chi connectivity index (χ2v) is 5.87. The van der Waals surface area contributed by atoms with Crippen molar-refractivity contribution in [1.29, 1.82) is 0 Å². The van der Waals surface area contributed by atoms with Gasteiger partial charge in [-0.2, -0.15) is 4.98 Å². The van der Waals surface area contributed by atoms with Crippen molar-refractivity contribution in [1.82, 2.24) is 15.5 Å². The maximum absolute atomic E-state index is 12.3. The molecule has 0 aliphatic carbocycles. The fraction of sp³-hybridized carbons (Fsp3) is 0.250. The number of nitrogens with one attached hydrogen (secondary N) is 1. The van der Waals surface area contributed by atoms with Gasteiger partial charge in [-0.1, -0.05) is 29.4 Å². The minimum atomic E-state index is -0.725. The lowest BCUT2D eigenvalue weighted by atomic mass is 10.2. The number of rotatable bonds is 8. The topological polar surface area (TPSA) is 95.7 Å².